The Bertz CT molecular complexity index is 540. The molecule has 0 atom stereocenters. The Hall–Kier alpha value is -2.13. The maximum Gasteiger partial charge on any atom is 0.223 e. The molecular formula is C18H22N2O. The van der Waals surface area contributed by atoms with Crippen molar-refractivity contribution in [2.24, 2.45) is 0 Å². The van der Waals surface area contributed by atoms with Crippen molar-refractivity contribution in [2.75, 3.05) is 13.6 Å². The molecule has 1 amide bonds. The summed E-state index contributed by atoms with van der Waals surface area (Å²) in [6.45, 7) is 2.17. The molecule has 2 rings (SSSR count). The first kappa shape index (κ1) is 15.3. The van der Waals surface area contributed by atoms with E-state index in [9.17, 15) is 4.79 Å². The van der Waals surface area contributed by atoms with E-state index in [2.05, 4.69) is 17.4 Å². The molecule has 1 N–H and O–H groups in total. The van der Waals surface area contributed by atoms with Crippen LogP contribution in [-0.2, 0) is 17.9 Å². The summed E-state index contributed by atoms with van der Waals surface area (Å²) in [4.78, 5) is 13.8. The van der Waals surface area contributed by atoms with Gasteiger partial charge in [0.25, 0.3) is 0 Å². The lowest BCUT2D eigenvalue weighted by Gasteiger charge is -2.17. The van der Waals surface area contributed by atoms with Crippen LogP contribution in [0.4, 0.5) is 0 Å². The molecule has 3 heteroatoms. The zero-order valence-electron chi connectivity index (χ0n) is 12.5. The van der Waals surface area contributed by atoms with Gasteiger partial charge < -0.3 is 10.2 Å². The van der Waals surface area contributed by atoms with E-state index < -0.39 is 0 Å². The molecular weight excluding hydrogens is 260 g/mol. The first-order valence-electron chi connectivity index (χ1n) is 7.28. The monoisotopic (exact) mass is 282 g/mol. The van der Waals surface area contributed by atoms with Crippen LogP contribution in [0.5, 0.6) is 0 Å². The Morgan fingerprint density at radius 1 is 0.952 bits per heavy atom. The van der Waals surface area contributed by atoms with Gasteiger partial charge in [-0.25, -0.2) is 0 Å². The van der Waals surface area contributed by atoms with Crippen molar-refractivity contribution in [3.63, 3.8) is 0 Å². The molecule has 0 aromatic heterocycles. The van der Waals surface area contributed by atoms with Gasteiger partial charge in [0.15, 0.2) is 0 Å². The third-order valence-corrected chi connectivity index (χ3v) is 3.38. The van der Waals surface area contributed by atoms with Gasteiger partial charge in [0, 0.05) is 33.1 Å². The molecule has 0 bridgehead atoms. The van der Waals surface area contributed by atoms with Crippen LogP contribution in [0, 0.1) is 0 Å². The summed E-state index contributed by atoms with van der Waals surface area (Å²) in [5.74, 6) is 0.166. The quantitative estimate of drug-likeness (QED) is 0.792. The van der Waals surface area contributed by atoms with Crippen LogP contribution in [0.1, 0.15) is 17.5 Å². The van der Waals surface area contributed by atoms with Crippen LogP contribution in [0.15, 0.2) is 60.7 Å². The Kier molecular flexibility index (Phi) is 5.98. The van der Waals surface area contributed by atoms with Gasteiger partial charge in [-0.2, -0.15) is 0 Å². The SMILES string of the molecule is CN(Cc1ccccc1)C(=O)CCNCc1ccccc1. The fourth-order valence-corrected chi connectivity index (χ4v) is 2.16. The van der Waals surface area contributed by atoms with Gasteiger partial charge in [-0.05, 0) is 11.1 Å². The van der Waals surface area contributed by atoms with Gasteiger partial charge in [0.05, 0.1) is 0 Å². The molecule has 0 saturated heterocycles. The number of carbonyl (C=O) groups is 1. The molecule has 2 aromatic carbocycles. The second-order valence-electron chi connectivity index (χ2n) is 5.15. The third-order valence-electron chi connectivity index (χ3n) is 3.38. The molecule has 0 aliphatic rings. The molecule has 0 fully saturated rings. The summed E-state index contributed by atoms with van der Waals surface area (Å²) in [6, 6.07) is 20.3. The average Bonchev–Trinajstić information content (AvgIpc) is 2.53. The van der Waals surface area contributed by atoms with E-state index in [1.165, 1.54) is 5.56 Å². The first-order valence-corrected chi connectivity index (χ1v) is 7.28. The van der Waals surface area contributed by atoms with Gasteiger partial charge in [-0.3, -0.25) is 4.79 Å². The highest BCUT2D eigenvalue weighted by atomic mass is 16.2. The molecule has 3 nitrogen and oxygen atoms in total. The van der Waals surface area contributed by atoms with E-state index in [0.29, 0.717) is 19.5 Å². The van der Waals surface area contributed by atoms with Gasteiger partial charge >= 0.3 is 0 Å². The van der Waals surface area contributed by atoms with E-state index >= 15 is 0 Å². The minimum atomic E-state index is 0.166. The van der Waals surface area contributed by atoms with Crippen molar-refractivity contribution in [1.82, 2.24) is 10.2 Å². The fourth-order valence-electron chi connectivity index (χ4n) is 2.16. The lowest BCUT2D eigenvalue weighted by Crippen LogP contribution is -2.29. The highest BCUT2D eigenvalue weighted by Crippen LogP contribution is 2.04. The minimum absolute atomic E-state index is 0.166. The number of nitrogens with one attached hydrogen (secondary N) is 1. The molecule has 0 aliphatic carbocycles. The number of carbonyl (C=O) groups excluding carboxylic acids is 1. The lowest BCUT2D eigenvalue weighted by molar-refractivity contribution is -0.130. The topological polar surface area (TPSA) is 32.3 Å². The van der Waals surface area contributed by atoms with Crippen molar-refractivity contribution in [1.29, 1.82) is 0 Å². The van der Waals surface area contributed by atoms with E-state index in [-0.39, 0.29) is 5.91 Å². The summed E-state index contributed by atoms with van der Waals surface area (Å²) in [6.07, 6.45) is 0.524. The normalized spacial score (nSPS) is 10.3. The summed E-state index contributed by atoms with van der Waals surface area (Å²) in [5.41, 5.74) is 2.40. The van der Waals surface area contributed by atoms with Crippen molar-refractivity contribution in [3.8, 4) is 0 Å². The zero-order valence-corrected chi connectivity index (χ0v) is 12.5. The van der Waals surface area contributed by atoms with Crippen LogP contribution in [0.3, 0.4) is 0 Å². The molecule has 0 heterocycles. The number of hydrogen-bond donors (Lipinski definition) is 1. The molecule has 21 heavy (non-hydrogen) atoms. The Balaban J connectivity index is 1.67. The summed E-state index contributed by atoms with van der Waals surface area (Å²) < 4.78 is 0. The average molecular weight is 282 g/mol. The van der Waals surface area contributed by atoms with Crippen LogP contribution >= 0.6 is 0 Å². The van der Waals surface area contributed by atoms with Gasteiger partial charge in [0.1, 0.15) is 0 Å². The van der Waals surface area contributed by atoms with Crippen molar-refractivity contribution in [2.45, 2.75) is 19.5 Å². The summed E-state index contributed by atoms with van der Waals surface area (Å²) >= 11 is 0. The number of amides is 1. The maximum absolute atomic E-state index is 12.0. The number of nitrogens with zero attached hydrogens (tertiary/aromatic N) is 1. The second-order valence-corrected chi connectivity index (χ2v) is 5.15. The standard InChI is InChI=1S/C18H22N2O/c1-20(15-17-10-6-3-7-11-17)18(21)12-13-19-14-16-8-4-2-5-9-16/h2-11,19H,12-15H2,1H3. The molecule has 0 spiro atoms. The van der Waals surface area contributed by atoms with Crippen molar-refractivity contribution >= 4 is 5.91 Å². The molecule has 0 aliphatic heterocycles. The van der Waals surface area contributed by atoms with E-state index in [1.807, 2.05) is 55.6 Å². The van der Waals surface area contributed by atoms with Gasteiger partial charge in [-0.15, -0.1) is 0 Å². The first-order chi connectivity index (χ1) is 10.3. The smallest absolute Gasteiger partial charge is 0.223 e. The number of hydrogen-bond acceptors (Lipinski definition) is 2. The lowest BCUT2D eigenvalue weighted by atomic mass is 10.2. The van der Waals surface area contributed by atoms with Crippen molar-refractivity contribution < 1.29 is 4.79 Å². The third kappa shape index (κ3) is 5.40. The van der Waals surface area contributed by atoms with Crippen LogP contribution in [-0.4, -0.2) is 24.4 Å². The highest BCUT2D eigenvalue weighted by molar-refractivity contribution is 5.76. The Morgan fingerprint density at radius 3 is 2.14 bits per heavy atom. The Labute approximate surface area is 126 Å². The summed E-state index contributed by atoms with van der Waals surface area (Å²) in [5, 5.41) is 3.30. The van der Waals surface area contributed by atoms with Crippen LogP contribution < -0.4 is 5.32 Å². The van der Waals surface area contributed by atoms with Crippen molar-refractivity contribution in [3.05, 3.63) is 71.8 Å². The van der Waals surface area contributed by atoms with Crippen LogP contribution in [0.25, 0.3) is 0 Å². The minimum Gasteiger partial charge on any atom is -0.341 e. The fraction of sp³-hybridized carbons (Fsp3) is 0.278. The van der Waals surface area contributed by atoms with Gasteiger partial charge in [0.2, 0.25) is 5.91 Å². The zero-order chi connectivity index (χ0) is 14.9. The molecule has 0 radical (unpaired) electrons. The number of benzene rings is 2. The molecule has 2 aromatic rings. The van der Waals surface area contributed by atoms with E-state index in [1.54, 1.807) is 4.90 Å². The van der Waals surface area contributed by atoms with E-state index in [0.717, 1.165) is 12.1 Å². The second kappa shape index (κ2) is 8.22. The predicted octanol–water partition coefficient (Wildman–Crippen LogP) is 2.82. The van der Waals surface area contributed by atoms with Crippen LogP contribution in [0.2, 0.25) is 0 Å². The number of rotatable bonds is 7. The maximum atomic E-state index is 12.0. The molecule has 110 valence electrons. The largest absolute Gasteiger partial charge is 0.341 e. The van der Waals surface area contributed by atoms with E-state index in [4.69, 9.17) is 0 Å². The highest BCUT2D eigenvalue weighted by Gasteiger charge is 2.08. The molecule has 0 saturated carbocycles. The Morgan fingerprint density at radius 2 is 1.52 bits per heavy atom. The summed E-state index contributed by atoms with van der Waals surface area (Å²) in [7, 11) is 1.85. The molecule has 0 unspecified atom stereocenters. The predicted molar refractivity (Wildman–Crippen MR) is 85.7 cm³/mol. The van der Waals surface area contributed by atoms with Gasteiger partial charge in [-0.1, -0.05) is 60.7 Å².